The molecule has 0 fully saturated rings. The number of rotatable bonds is 4. The van der Waals surface area contributed by atoms with Gasteiger partial charge in [0.05, 0.1) is 34.6 Å². The Morgan fingerprint density at radius 1 is 1.24 bits per heavy atom. The van der Waals surface area contributed by atoms with Gasteiger partial charge in [-0.15, -0.1) is 11.3 Å². The number of nitrogens with zero attached hydrogens (tertiary/aromatic N) is 1. The predicted molar refractivity (Wildman–Crippen MR) is 167 cm³/mol. The van der Waals surface area contributed by atoms with Gasteiger partial charge >= 0.3 is 12.1 Å². The van der Waals surface area contributed by atoms with Gasteiger partial charge in [0, 0.05) is 11.8 Å². The van der Waals surface area contributed by atoms with Gasteiger partial charge in [0.15, 0.2) is 0 Å². The summed E-state index contributed by atoms with van der Waals surface area (Å²) in [6, 6.07) is 0. The lowest BCUT2D eigenvalue weighted by Gasteiger charge is -2.35. The van der Waals surface area contributed by atoms with Crippen LogP contribution in [0.25, 0.3) is 6.08 Å². The molecule has 0 radical (unpaired) electrons. The molecule has 1 aromatic heterocycles. The van der Waals surface area contributed by atoms with Gasteiger partial charge in [-0.25, -0.2) is 9.78 Å². The third-order valence-corrected chi connectivity index (χ3v) is 8.34. The first kappa shape index (κ1) is 36.3. The van der Waals surface area contributed by atoms with Crippen LogP contribution in [0, 0.1) is 24.2 Å². The van der Waals surface area contributed by atoms with E-state index >= 15 is 0 Å². The Balaban J connectivity index is 2.40. The smallest absolute Gasteiger partial charge is 0.457 e. The number of esters is 1. The van der Waals surface area contributed by atoms with Gasteiger partial charge in [-0.1, -0.05) is 86.3 Å². The van der Waals surface area contributed by atoms with E-state index in [0.717, 1.165) is 21.8 Å². The van der Waals surface area contributed by atoms with Crippen molar-refractivity contribution in [1.29, 1.82) is 0 Å². The van der Waals surface area contributed by atoms with Crippen molar-refractivity contribution in [3.63, 3.8) is 0 Å². The zero-order chi connectivity index (χ0) is 31.8. The van der Waals surface area contributed by atoms with Crippen molar-refractivity contribution in [2.75, 3.05) is 6.61 Å². The maximum Gasteiger partial charge on any atom is 0.508 e. The molecule has 2 heterocycles. The standard InChI is InChI=1S/C30H40Cl3NO7S/c1-17-9-8-10-18(2)26(41-28(38)39-16-30(31,32)33)20(4)27(37)29(6,7)24(35)14-25(36)40-23(12-11-17)19(3)13-22-15-42-21(5)34-22/h8-9,11,13,15,18,20,23-24,26,35H,10,12,14,16H2,1-7H3/b9-8+,17-11-,19-13+/t18-,20+,23-,24-,26-/m0/s1. The van der Waals surface area contributed by atoms with Crippen LogP contribution in [-0.4, -0.2) is 56.7 Å². The fraction of sp³-hybridized carbons (Fsp3) is 0.600. The van der Waals surface area contributed by atoms with Gasteiger partial charge in [-0.3, -0.25) is 9.59 Å². The van der Waals surface area contributed by atoms with Crippen LogP contribution in [-0.2, 0) is 23.8 Å². The number of carbonyl (C=O) groups excluding carboxylic acids is 3. The maximum atomic E-state index is 13.7. The highest BCUT2D eigenvalue weighted by Gasteiger charge is 2.44. The van der Waals surface area contributed by atoms with Crippen molar-refractivity contribution in [2.45, 2.75) is 89.8 Å². The third kappa shape index (κ3) is 11.3. The predicted octanol–water partition coefficient (Wildman–Crippen LogP) is 7.57. The van der Waals surface area contributed by atoms with E-state index in [1.165, 1.54) is 11.3 Å². The maximum absolute atomic E-state index is 13.7. The largest absolute Gasteiger partial charge is 0.508 e. The highest BCUT2D eigenvalue weighted by molar-refractivity contribution is 7.09. The molecular weight excluding hydrogens is 625 g/mol. The second-order valence-electron chi connectivity index (χ2n) is 11.3. The van der Waals surface area contributed by atoms with E-state index < -0.39 is 64.4 Å². The number of alkyl halides is 3. The van der Waals surface area contributed by atoms with Crippen molar-refractivity contribution in [3.8, 4) is 0 Å². The number of carbonyl (C=O) groups is 3. The molecule has 1 aliphatic heterocycles. The molecule has 5 atom stereocenters. The average Bonchev–Trinajstić information content (AvgIpc) is 3.30. The lowest BCUT2D eigenvalue weighted by Crippen LogP contribution is -2.47. The Labute approximate surface area is 267 Å². The van der Waals surface area contributed by atoms with Crippen molar-refractivity contribution < 1.29 is 33.7 Å². The van der Waals surface area contributed by atoms with Crippen LogP contribution < -0.4 is 0 Å². The minimum absolute atomic E-state index is 0.321. The number of hydrogen-bond acceptors (Lipinski definition) is 9. The number of aryl methyl sites for hydroxylation is 1. The van der Waals surface area contributed by atoms with E-state index in [-0.39, 0.29) is 5.92 Å². The minimum Gasteiger partial charge on any atom is -0.457 e. The van der Waals surface area contributed by atoms with Crippen LogP contribution in [0.2, 0.25) is 0 Å². The fourth-order valence-electron chi connectivity index (χ4n) is 4.58. The van der Waals surface area contributed by atoms with E-state index in [4.69, 9.17) is 49.0 Å². The molecule has 12 heteroatoms. The number of aliphatic hydroxyl groups is 1. The number of hydrogen-bond donors (Lipinski definition) is 1. The van der Waals surface area contributed by atoms with Gasteiger partial charge in [0.25, 0.3) is 0 Å². The molecule has 2 rings (SSSR count). The average molecular weight is 665 g/mol. The Kier molecular flexibility index (Phi) is 13.6. The Bertz CT molecular complexity index is 1200. The number of halogens is 3. The molecule has 1 N–H and O–H groups in total. The van der Waals surface area contributed by atoms with E-state index in [1.54, 1.807) is 20.8 Å². The summed E-state index contributed by atoms with van der Waals surface area (Å²) in [5, 5.41) is 13.9. The molecule has 0 saturated heterocycles. The Hall–Kier alpha value is -1.91. The summed E-state index contributed by atoms with van der Waals surface area (Å²) in [5.74, 6) is -2.22. The van der Waals surface area contributed by atoms with E-state index in [1.807, 2.05) is 57.4 Å². The molecule has 0 aromatic carbocycles. The van der Waals surface area contributed by atoms with Crippen LogP contribution in [0.5, 0.6) is 0 Å². The number of aromatic nitrogens is 1. The minimum atomic E-state index is -1.83. The first-order chi connectivity index (χ1) is 19.4. The number of ketones is 1. The Morgan fingerprint density at radius 2 is 1.90 bits per heavy atom. The summed E-state index contributed by atoms with van der Waals surface area (Å²) in [7, 11) is 0. The van der Waals surface area contributed by atoms with Gasteiger partial charge in [0.2, 0.25) is 3.79 Å². The number of Topliss-reactive ketones (excluding diaryl/α,β-unsaturated/α-hetero) is 1. The summed E-state index contributed by atoms with van der Waals surface area (Å²) in [6.45, 7) is 11.7. The molecule has 1 aliphatic rings. The molecule has 0 aliphatic carbocycles. The van der Waals surface area contributed by atoms with Crippen molar-refractivity contribution in [1.82, 2.24) is 4.98 Å². The van der Waals surface area contributed by atoms with Crippen LogP contribution in [0.1, 0.15) is 71.5 Å². The second kappa shape index (κ2) is 15.7. The van der Waals surface area contributed by atoms with Crippen LogP contribution in [0.3, 0.4) is 0 Å². The number of allylic oxidation sites excluding steroid dienone is 3. The van der Waals surface area contributed by atoms with Gasteiger partial charge in [-0.05, 0) is 44.8 Å². The van der Waals surface area contributed by atoms with Gasteiger partial charge in [0.1, 0.15) is 24.6 Å². The van der Waals surface area contributed by atoms with E-state index in [9.17, 15) is 19.5 Å². The summed E-state index contributed by atoms with van der Waals surface area (Å²) >= 11 is 18.6. The molecule has 0 spiro atoms. The summed E-state index contributed by atoms with van der Waals surface area (Å²) in [6.07, 6.45) is 4.19. The van der Waals surface area contributed by atoms with Crippen LogP contribution in [0.4, 0.5) is 4.79 Å². The topological polar surface area (TPSA) is 112 Å². The van der Waals surface area contributed by atoms with Crippen LogP contribution >= 0.6 is 46.1 Å². The molecule has 42 heavy (non-hydrogen) atoms. The zero-order valence-electron chi connectivity index (χ0n) is 25.0. The molecule has 8 nitrogen and oxygen atoms in total. The van der Waals surface area contributed by atoms with Crippen molar-refractivity contribution >= 4 is 70.1 Å². The molecule has 0 bridgehead atoms. The Morgan fingerprint density at radius 3 is 2.50 bits per heavy atom. The molecule has 0 saturated carbocycles. The fourth-order valence-corrected chi connectivity index (χ4v) is 5.31. The van der Waals surface area contributed by atoms with Gasteiger partial charge < -0.3 is 19.3 Å². The van der Waals surface area contributed by atoms with Crippen molar-refractivity contribution in [3.05, 3.63) is 45.5 Å². The lowest BCUT2D eigenvalue weighted by molar-refractivity contribution is -0.154. The summed E-state index contributed by atoms with van der Waals surface area (Å²) in [4.78, 5) is 43.7. The molecule has 1 aromatic rings. The number of aliphatic hydroxyl groups excluding tert-OH is 1. The van der Waals surface area contributed by atoms with Gasteiger partial charge in [-0.2, -0.15) is 0 Å². The summed E-state index contributed by atoms with van der Waals surface area (Å²) < 4.78 is 14.5. The first-order valence-corrected chi connectivity index (χ1v) is 15.7. The number of thiazole rings is 1. The molecular formula is C30H40Cl3NO7S. The van der Waals surface area contributed by atoms with E-state index in [0.29, 0.717) is 12.8 Å². The van der Waals surface area contributed by atoms with Crippen molar-refractivity contribution in [2.24, 2.45) is 17.3 Å². The SMILES string of the molecule is CC1=C/C[C@@H](/C(C)=C/c2csc(C)n2)OC(=O)C[C@H](O)C(C)(C)C(=O)[C@H](C)[C@@H](OC(=O)OCC(Cl)(Cl)Cl)[C@@H](C)C\C=C\1. The first-order valence-electron chi connectivity index (χ1n) is 13.7. The molecule has 234 valence electrons. The number of cyclic esters (lactones) is 1. The van der Waals surface area contributed by atoms with E-state index in [2.05, 4.69) is 4.98 Å². The molecule has 0 unspecified atom stereocenters. The molecule has 0 amide bonds. The monoisotopic (exact) mass is 663 g/mol. The quantitative estimate of drug-likeness (QED) is 0.259. The zero-order valence-corrected chi connectivity index (χ0v) is 28.1. The normalized spacial score (nSPS) is 28.8. The lowest BCUT2D eigenvalue weighted by atomic mass is 9.73. The summed E-state index contributed by atoms with van der Waals surface area (Å²) in [5.41, 5.74) is 1.14. The number of ether oxygens (including phenoxy) is 3. The van der Waals surface area contributed by atoms with Crippen LogP contribution in [0.15, 0.2) is 34.8 Å². The highest BCUT2D eigenvalue weighted by atomic mass is 35.6. The second-order valence-corrected chi connectivity index (χ2v) is 14.9. The highest BCUT2D eigenvalue weighted by Crippen LogP contribution is 2.34. The third-order valence-electron chi connectivity index (χ3n) is 7.22.